The van der Waals surface area contributed by atoms with Crippen molar-refractivity contribution in [1.29, 1.82) is 0 Å². The molecule has 0 amide bonds. The molecule has 0 fully saturated rings. The van der Waals surface area contributed by atoms with Crippen LogP contribution in [0, 0.1) is 6.92 Å². The largest absolute Gasteiger partial charge is 0.372 e. The van der Waals surface area contributed by atoms with Gasteiger partial charge in [-0.3, -0.25) is 0 Å². The van der Waals surface area contributed by atoms with E-state index in [9.17, 15) is 0 Å². The Bertz CT molecular complexity index is 973. The Morgan fingerprint density at radius 3 is 2.33 bits per heavy atom. The second-order valence-corrected chi connectivity index (χ2v) is 7.86. The molecule has 0 radical (unpaired) electrons. The number of nitrogens with one attached hydrogen (secondary N) is 2. The first kappa shape index (κ1) is 26.6. The van der Waals surface area contributed by atoms with Crippen molar-refractivity contribution in [2.75, 3.05) is 24.5 Å². The Hall–Kier alpha value is -2.62. The van der Waals surface area contributed by atoms with Crippen LogP contribution in [0.1, 0.15) is 43.5 Å². The number of hydrogen-bond acceptors (Lipinski definition) is 4. The maximum Gasteiger partial charge on any atom is 0.192 e. The summed E-state index contributed by atoms with van der Waals surface area (Å²) in [4.78, 5) is 7.18. The number of benzene rings is 2. The molecule has 0 saturated heterocycles. The molecule has 7 nitrogen and oxygen atoms in total. The minimum atomic E-state index is 0. The van der Waals surface area contributed by atoms with Crippen LogP contribution in [0.15, 0.2) is 65.7 Å². The van der Waals surface area contributed by atoms with Crippen LogP contribution in [0.5, 0.6) is 0 Å². The van der Waals surface area contributed by atoms with Crippen molar-refractivity contribution in [3.8, 4) is 0 Å². The molecule has 33 heavy (non-hydrogen) atoms. The van der Waals surface area contributed by atoms with Gasteiger partial charge in [-0.1, -0.05) is 48.5 Å². The molecule has 178 valence electrons. The third kappa shape index (κ3) is 8.03. The van der Waals surface area contributed by atoms with E-state index in [-0.39, 0.29) is 30.0 Å². The van der Waals surface area contributed by atoms with E-state index in [1.165, 1.54) is 11.3 Å². The van der Waals surface area contributed by atoms with Crippen molar-refractivity contribution in [2.24, 2.45) is 12.0 Å². The third-order valence-corrected chi connectivity index (χ3v) is 5.61. The molecule has 0 saturated carbocycles. The zero-order valence-electron chi connectivity index (χ0n) is 20.0. The number of rotatable bonds is 10. The lowest BCUT2D eigenvalue weighted by Gasteiger charge is -2.24. The normalized spacial score (nSPS) is 12.1. The quantitative estimate of drug-likeness (QED) is 0.166. The molecule has 8 heteroatoms. The number of guanidine groups is 1. The minimum absolute atomic E-state index is 0. The number of aromatic nitrogens is 3. The van der Waals surface area contributed by atoms with E-state index in [4.69, 9.17) is 4.99 Å². The van der Waals surface area contributed by atoms with Crippen molar-refractivity contribution in [3.63, 3.8) is 0 Å². The van der Waals surface area contributed by atoms with Gasteiger partial charge < -0.3 is 20.1 Å². The number of halogens is 1. The predicted molar refractivity (Wildman–Crippen MR) is 147 cm³/mol. The van der Waals surface area contributed by atoms with Gasteiger partial charge in [0.05, 0.1) is 6.04 Å². The molecule has 1 aromatic heterocycles. The highest BCUT2D eigenvalue weighted by Crippen LogP contribution is 2.13. The smallest absolute Gasteiger partial charge is 0.192 e. The summed E-state index contributed by atoms with van der Waals surface area (Å²) in [5.41, 5.74) is 2.48. The van der Waals surface area contributed by atoms with Crippen molar-refractivity contribution in [1.82, 2.24) is 25.4 Å². The summed E-state index contributed by atoms with van der Waals surface area (Å²) in [6, 6.07) is 21.1. The molecule has 1 unspecified atom stereocenters. The van der Waals surface area contributed by atoms with Gasteiger partial charge in [-0.15, -0.1) is 34.2 Å². The van der Waals surface area contributed by atoms with Crippen molar-refractivity contribution >= 4 is 35.6 Å². The summed E-state index contributed by atoms with van der Waals surface area (Å²) < 4.78 is 1.97. The van der Waals surface area contributed by atoms with Gasteiger partial charge in [-0.05, 0) is 44.9 Å². The van der Waals surface area contributed by atoms with Crippen molar-refractivity contribution in [3.05, 3.63) is 77.9 Å². The van der Waals surface area contributed by atoms with E-state index >= 15 is 0 Å². The Labute approximate surface area is 214 Å². The lowest BCUT2D eigenvalue weighted by atomic mass is 10.1. The van der Waals surface area contributed by atoms with Crippen LogP contribution in [0.25, 0.3) is 0 Å². The summed E-state index contributed by atoms with van der Waals surface area (Å²) in [5, 5.41) is 15.4. The molecule has 2 aromatic carbocycles. The first-order valence-electron chi connectivity index (χ1n) is 11.3. The fourth-order valence-corrected chi connectivity index (χ4v) is 3.51. The Morgan fingerprint density at radius 1 is 1.06 bits per heavy atom. The van der Waals surface area contributed by atoms with Gasteiger partial charge in [0.2, 0.25) is 0 Å². The van der Waals surface area contributed by atoms with Crippen LogP contribution in [-0.2, 0) is 13.6 Å². The average molecular weight is 562 g/mol. The summed E-state index contributed by atoms with van der Waals surface area (Å²) in [6.07, 6.45) is 1.01. The van der Waals surface area contributed by atoms with Gasteiger partial charge in [-0.25, -0.2) is 4.99 Å². The van der Waals surface area contributed by atoms with Crippen molar-refractivity contribution in [2.45, 2.75) is 39.8 Å². The highest BCUT2D eigenvalue weighted by molar-refractivity contribution is 14.0. The van der Waals surface area contributed by atoms with E-state index in [0.717, 1.165) is 43.7 Å². The molecule has 0 spiro atoms. The number of para-hydroxylation sites is 1. The minimum Gasteiger partial charge on any atom is -0.372 e. The van der Waals surface area contributed by atoms with Gasteiger partial charge in [0.1, 0.15) is 12.4 Å². The van der Waals surface area contributed by atoms with E-state index in [1.54, 1.807) is 0 Å². The molecule has 0 aliphatic rings. The van der Waals surface area contributed by atoms with Crippen molar-refractivity contribution < 1.29 is 0 Å². The molecule has 0 aliphatic heterocycles. The summed E-state index contributed by atoms with van der Waals surface area (Å²) in [5.74, 6) is 2.51. The second-order valence-electron chi connectivity index (χ2n) is 7.86. The molecule has 0 aliphatic carbocycles. The zero-order valence-corrected chi connectivity index (χ0v) is 22.4. The number of hydrogen-bond donors (Lipinski definition) is 2. The standard InChI is InChI=1S/C25H35N7.HI/c1-5-32(23-15-10-7-11-16-23)18-12-17-26-25(27-19-24-30-29-21(3)31(24)4)28-20(2)22-13-8-6-9-14-22;/h6-11,13-16,20H,5,12,17-19H2,1-4H3,(H2,26,27,28);1H. The van der Waals surface area contributed by atoms with Crippen LogP contribution >= 0.6 is 24.0 Å². The SMILES string of the molecule is CCN(CCCNC(=NCc1nnc(C)n1C)NC(C)c1ccccc1)c1ccccc1.I. The van der Waals surface area contributed by atoms with Crippen LogP contribution in [0.2, 0.25) is 0 Å². The zero-order chi connectivity index (χ0) is 22.8. The lowest BCUT2D eigenvalue weighted by molar-refractivity contribution is 0.660. The number of aryl methyl sites for hydroxylation is 1. The van der Waals surface area contributed by atoms with Gasteiger partial charge in [0.25, 0.3) is 0 Å². The van der Waals surface area contributed by atoms with Gasteiger partial charge in [0, 0.05) is 32.4 Å². The molecule has 3 aromatic rings. The van der Waals surface area contributed by atoms with E-state index in [2.05, 4.69) is 94.2 Å². The monoisotopic (exact) mass is 561 g/mol. The third-order valence-electron chi connectivity index (χ3n) is 5.61. The molecular formula is C25H36IN7. The second kappa shape index (κ2) is 13.8. The molecular weight excluding hydrogens is 525 g/mol. The van der Waals surface area contributed by atoms with Crippen LogP contribution in [0.4, 0.5) is 5.69 Å². The predicted octanol–water partition coefficient (Wildman–Crippen LogP) is 4.45. The summed E-state index contributed by atoms with van der Waals surface area (Å²) in [7, 11) is 1.97. The first-order chi connectivity index (χ1) is 15.6. The fraction of sp³-hybridized carbons (Fsp3) is 0.400. The fourth-order valence-electron chi connectivity index (χ4n) is 3.51. The molecule has 0 bridgehead atoms. The molecule has 1 heterocycles. The summed E-state index contributed by atoms with van der Waals surface area (Å²) >= 11 is 0. The molecule has 3 rings (SSSR count). The molecule has 1 atom stereocenters. The number of nitrogens with zero attached hydrogens (tertiary/aromatic N) is 5. The van der Waals surface area contributed by atoms with E-state index in [1.807, 2.05) is 24.6 Å². The van der Waals surface area contributed by atoms with Crippen LogP contribution in [0.3, 0.4) is 0 Å². The molecule has 2 N–H and O–H groups in total. The lowest BCUT2D eigenvalue weighted by Crippen LogP contribution is -2.40. The topological polar surface area (TPSA) is 70.4 Å². The van der Waals surface area contributed by atoms with Crippen LogP contribution in [-0.4, -0.2) is 40.4 Å². The Morgan fingerprint density at radius 2 is 1.73 bits per heavy atom. The first-order valence-corrected chi connectivity index (χ1v) is 11.3. The van der Waals surface area contributed by atoms with Gasteiger partial charge in [0.15, 0.2) is 11.8 Å². The van der Waals surface area contributed by atoms with E-state index < -0.39 is 0 Å². The number of aliphatic imine (C=N–C) groups is 1. The average Bonchev–Trinajstić information content (AvgIpc) is 3.15. The van der Waals surface area contributed by atoms with E-state index in [0.29, 0.717) is 6.54 Å². The maximum absolute atomic E-state index is 4.79. The number of anilines is 1. The maximum atomic E-state index is 4.79. The van der Waals surface area contributed by atoms with Gasteiger partial charge >= 0.3 is 0 Å². The van der Waals surface area contributed by atoms with Gasteiger partial charge in [-0.2, -0.15) is 0 Å². The Balaban J connectivity index is 0.00000385. The highest BCUT2D eigenvalue weighted by atomic mass is 127. The summed E-state index contributed by atoms with van der Waals surface area (Å²) in [6.45, 7) is 9.55. The Kier molecular flexibility index (Phi) is 11.2. The highest BCUT2D eigenvalue weighted by Gasteiger charge is 2.10. The van der Waals surface area contributed by atoms with Crippen LogP contribution < -0.4 is 15.5 Å².